The molecule has 0 unspecified atom stereocenters. The monoisotopic (exact) mass is 482 g/mol. The van der Waals surface area contributed by atoms with Crippen LogP contribution in [0.15, 0.2) is 47.4 Å². The number of nitrogens with one attached hydrogen (secondary N) is 1. The Morgan fingerprint density at radius 1 is 1.32 bits per heavy atom. The van der Waals surface area contributed by atoms with Gasteiger partial charge in [0.2, 0.25) is 11.5 Å². The molecule has 1 aliphatic heterocycles. The molecule has 2 heterocycles. The van der Waals surface area contributed by atoms with Gasteiger partial charge in [0.25, 0.3) is 0 Å². The molecule has 1 amide bonds. The summed E-state index contributed by atoms with van der Waals surface area (Å²) in [5.74, 6) is -3.12. The van der Waals surface area contributed by atoms with Gasteiger partial charge in [0.15, 0.2) is 0 Å². The van der Waals surface area contributed by atoms with Gasteiger partial charge in [0.1, 0.15) is 11.9 Å². The van der Waals surface area contributed by atoms with Crippen LogP contribution < -0.4 is 16.7 Å². The maximum Gasteiger partial charge on any atom is 0.471 e. The lowest BCUT2D eigenvalue weighted by Gasteiger charge is -2.30. The lowest BCUT2D eigenvalue weighted by Crippen LogP contribution is -2.48. The third-order valence-electron chi connectivity index (χ3n) is 5.14. The van der Waals surface area contributed by atoms with E-state index in [0.29, 0.717) is 0 Å². The Morgan fingerprint density at radius 3 is 2.59 bits per heavy atom. The molecule has 1 saturated heterocycles. The summed E-state index contributed by atoms with van der Waals surface area (Å²) >= 11 is 0. The molecule has 34 heavy (non-hydrogen) atoms. The largest absolute Gasteiger partial charge is 0.471 e. The zero-order chi connectivity index (χ0) is 25.1. The predicted octanol–water partition coefficient (Wildman–Crippen LogP) is 0.195. The first kappa shape index (κ1) is 25.1. The van der Waals surface area contributed by atoms with Crippen LogP contribution in [0.5, 0.6) is 0 Å². The van der Waals surface area contributed by atoms with Crippen molar-refractivity contribution in [1.29, 1.82) is 0 Å². The number of ether oxygens (including phenoxy) is 1. The SMILES string of the molecule is Nc1nc(=O)n([C@@]2(C(=O)c3ccccc3)C[C@H](O)[C@@H](CO)O2)cc1/C=C/CNC(=O)C(F)(F)F. The number of carbonyl (C=O) groups is 2. The average molecular weight is 482 g/mol. The first-order chi connectivity index (χ1) is 16.0. The number of hydrogen-bond donors (Lipinski definition) is 4. The number of nitrogens with two attached hydrogens (primary N) is 1. The van der Waals surface area contributed by atoms with E-state index in [1.54, 1.807) is 23.5 Å². The summed E-state index contributed by atoms with van der Waals surface area (Å²) in [6, 6.07) is 7.80. The van der Waals surface area contributed by atoms with Gasteiger partial charge >= 0.3 is 17.8 Å². The van der Waals surface area contributed by atoms with Crippen molar-refractivity contribution in [3.8, 4) is 0 Å². The second kappa shape index (κ2) is 9.75. The molecule has 2 aromatic rings. The van der Waals surface area contributed by atoms with Crippen LogP contribution in [-0.4, -0.2) is 63.0 Å². The van der Waals surface area contributed by atoms with E-state index in [4.69, 9.17) is 10.5 Å². The van der Waals surface area contributed by atoms with E-state index in [0.717, 1.165) is 16.8 Å². The standard InChI is InChI=1S/C21H21F3N4O6/c22-21(23,24)18(32)26-8-4-7-13-10-28(19(33)27-17(13)25)20(9-14(30)15(11-29)34-20)16(31)12-5-2-1-3-6-12/h1-7,10,14-15,29-30H,8-9,11H2,(H,26,32)(H2,25,27,33)/b7-4+/t14-,15+,20-/m0/s1. The van der Waals surface area contributed by atoms with Crippen molar-refractivity contribution in [3.05, 3.63) is 64.2 Å². The number of aliphatic hydroxyl groups is 2. The number of ketones is 1. The average Bonchev–Trinajstić information content (AvgIpc) is 3.14. The lowest BCUT2D eigenvalue weighted by molar-refractivity contribution is -0.173. The minimum absolute atomic E-state index is 0.0339. The Morgan fingerprint density at radius 2 is 2.00 bits per heavy atom. The maximum atomic E-state index is 13.4. The summed E-state index contributed by atoms with van der Waals surface area (Å²) in [4.78, 5) is 40.8. The Bertz CT molecular complexity index is 1150. The number of aromatic nitrogens is 2. The molecule has 10 nitrogen and oxygen atoms in total. The number of nitrogens with zero attached hydrogens (tertiary/aromatic N) is 2. The van der Waals surface area contributed by atoms with Crippen LogP contribution in [0.25, 0.3) is 6.08 Å². The first-order valence-electron chi connectivity index (χ1n) is 9.97. The molecule has 1 aromatic heterocycles. The van der Waals surface area contributed by atoms with E-state index >= 15 is 0 Å². The van der Waals surface area contributed by atoms with Crippen LogP contribution >= 0.6 is 0 Å². The molecular weight excluding hydrogens is 461 g/mol. The van der Waals surface area contributed by atoms with Crippen LogP contribution in [0, 0.1) is 0 Å². The van der Waals surface area contributed by atoms with Crippen molar-refractivity contribution in [2.75, 3.05) is 18.9 Å². The Kier molecular flexibility index (Phi) is 7.19. The van der Waals surface area contributed by atoms with Gasteiger partial charge in [-0.3, -0.25) is 14.2 Å². The third kappa shape index (κ3) is 5.00. The van der Waals surface area contributed by atoms with Crippen LogP contribution in [0.1, 0.15) is 22.3 Å². The van der Waals surface area contributed by atoms with Crippen LogP contribution in [-0.2, 0) is 15.3 Å². The predicted molar refractivity (Wildman–Crippen MR) is 112 cm³/mol. The normalized spacial score (nSPS) is 22.7. The Labute approximate surface area is 190 Å². The van der Waals surface area contributed by atoms with Crippen molar-refractivity contribution >= 4 is 23.6 Å². The molecule has 0 aliphatic carbocycles. The minimum Gasteiger partial charge on any atom is -0.394 e. The van der Waals surface area contributed by atoms with Crippen molar-refractivity contribution in [1.82, 2.24) is 14.9 Å². The van der Waals surface area contributed by atoms with Gasteiger partial charge in [0.05, 0.1) is 12.7 Å². The van der Waals surface area contributed by atoms with Gasteiger partial charge in [-0.25, -0.2) is 4.79 Å². The van der Waals surface area contributed by atoms with Crippen molar-refractivity contribution in [3.63, 3.8) is 0 Å². The number of anilines is 1. The number of nitrogen functional groups attached to an aromatic ring is 1. The number of alkyl halides is 3. The van der Waals surface area contributed by atoms with E-state index in [-0.39, 0.29) is 23.4 Å². The molecule has 0 radical (unpaired) electrons. The number of Topliss-reactive ketones (excluding diaryl/α,β-unsaturated/α-hetero) is 1. The second-order valence-corrected chi connectivity index (χ2v) is 7.43. The van der Waals surface area contributed by atoms with Gasteiger partial charge in [0, 0.05) is 30.3 Å². The zero-order valence-electron chi connectivity index (χ0n) is 17.5. The Balaban J connectivity index is 2.00. The molecule has 182 valence electrons. The molecule has 3 rings (SSSR count). The van der Waals surface area contributed by atoms with Gasteiger partial charge in [-0.2, -0.15) is 18.2 Å². The Hall–Kier alpha value is -3.55. The van der Waals surface area contributed by atoms with E-state index in [1.165, 1.54) is 18.2 Å². The molecule has 0 bridgehead atoms. The number of carbonyl (C=O) groups excluding carboxylic acids is 2. The minimum atomic E-state index is -5.05. The van der Waals surface area contributed by atoms with Crippen molar-refractivity contribution < 1.29 is 37.7 Å². The summed E-state index contributed by atoms with van der Waals surface area (Å²) in [5.41, 5.74) is 2.88. The fourth-order valence-corrected chi connectivity index (χ4v) is 3.48. The number of aliphatic hydroxyl groups excluding tert-OH is 2. The van der Waals surface area contributed by atoms with Crippen LogP contribution in [0.4, 0.5) is 19.0 Å². The molecule has 13 heteroatoms. The van der Waals surface area contributed by atoms with E-state index in [9.17, 15) is 37.8 Å². The highest BCUT2D eigenvalue weighted by molar-refractivity contribution is 6.01. The summed E-state index contributed by atoms with van der Waals surface area (Å²) in [6.07, 6.45) is -4.45. The maximum absolute atomic E-state index is 13.4. The lowest BCUT2D eigenvalue weighted by atomic mass is 9.96. The fraction of sp³-hybridized carbons (Fsp3) is 0.333. The molecule has 0 saturated carbocycles. The number of benzene rings is 1. The highest BCUT2D eigenvalue weighted by Crippen LogP contribution is 2.37. The zero-order valence-corrected chi connectivity index (χ0v) is 17.5. The van der Waals surface area contributed by atoms with Crippen LogP contribution in [0.3, 0.4) is 0 Å². The van der Waals surface area contributed by atoms with Crippen molar-refractivity contribution in [2.24, 2.45) is 0 Å². The molecule has 3 atom stereocenters. The third-order valence-corrected chi connectivity index (χ3v) is 5.14. The summed E-state index contributed by atoms with van der Waals surface area (Å²) < 4.78 is 43.4. The molecule has 5 N–H and O–H groups in total. The van der Waals surface area contributed by atoms with Crippen molar-refractivity contribution in [2.45, 2.75) is 30.5 Å². The number of halogens is 3. The van der Waals surface area contributed by atoms with E-state index < -0.39 is 54.6 Å². The van der Waals surface area contributed by atoms with Crippen LogP contribution in [0.2, 0.25) is 0 Å². The summed E-state index contributed by atoms with van der Waals surface area (Å²) in [6.45, 7) is -1.14. The fourth-order valence-electron chi connectivity index (χ4n) is 3.48. The topological polar surface area (TPSA) is 157 Å². The number of amides is 1. The number of hydrogen-bond acceptors (Lipinski definition) is 8. The highest BCUT2D eigenvalue weighted by atomic mass is 19.4. The molecule has 1 fully saturated rings. The highest BCUT2D eigenvalue weighted by Gasteiger charge is 2.53. The second-order valence-electron chi connectivity index (χ2n) is 7.43. The van der Waals surface area contributed by atoms with Gasteiger partial charge in [-0.05, 0) is 0 Å². The quantitative estimate of drug-likeness (QED) is 0.408. The summed E-state index contributed by atoms with van der Waals surface area (Å²) in [7, 11) is 0. The van der Waals surface area contributed by atoms with E-state index in [1.807, 2.05) is 0 Å². The van der Waals surface area contributed by atoms with Gasteiger partial charge in [-0.15, -0.1) is 0 Å². The van der Waals surface area contributed by atoms with Gasteiger partial charge < -0.3 is 26.0 Å². The number of rotatable bonds is 7. The van der Waals surface area contributed by atoms with Gasteiger partial charge in [-0.1, -0.05) is 42.5 Å². The first-order valence-corrected chi connectivity index (χ1v) is 9.97. The molecule has 0 spiro atoms. The molecule has 1 aliphatic rings. The summed E-state index contributed by atoms with van der Waals surface area (Å²) in [5, 5.41) is 21.5. The van der Waals surface area contributed by atoms with E-state index in [2.05, 4.69) is 4.98 Å². The smallest absolute Gasteiger partial charge is 0.394 e. The molecule has 1 aromatic carbocycles. The molecular formula is C21H21F3N4O6.